The van der Waals surface area contributed by atoms with Crippen molar-refractivity contribution < 1.29 is 0 Å². The van der Waals surface area contributed by atoms with Gasteiger partial charge in [0.15, 0.2) is 0 Å². The van der Waals surface area contributed by atoms with Crippen LogP contribution in [0.4, 0.5) is 5.69 Å². The number of piperazine rings is 1. The highest BCUT2D eigenvalue weighted by Gasteiger charge is 2.17. The largest absolute Gasteiger partial charge is 0.368 e. The van der Waals surface area contributed by atoms with Crippen molar-refractivity contribution in [1.29, 1.82) is 0 Å². The molecule has 1 aromatic rings. The van der Waals surface area contributed by atoms with E-state index in [2.05, 4.69) is 34.2 Å². The number of halogens is 1. The summed E-state index contributed by atoms with van der Waals surface area (Å²) < 4.78 is 0. The van der Waals surface area contributed by atoms with Crippen LogP contribution in [0.3, 0.4) is 0 Å². The summed E-state index contributed by atoms with van der Waals surface area (Å²) >= 11 is 6.26. The molecule has 2 rings (SSSR count). The predicted molar refractivity (Wildman–Crippen MR) is 87.9 cm³/mol. The van der Waals surface area contributed by atoms with Crippen LogP contribution < -0.4 is 10.2 Å². The van der Waals surface area contributed by atoms with Gasteiger partial charge in [-0.25, -0.2) is 0 Å². The van der Waals surface area contributed by atoms with Crippen LogP contribution in [0.15, 0.2) is 24.3 Å². The maximum absolute atomic E-state index is 6.26. The molecule has 1 aromatic carbocycles. The fourth-order valence-electron chi connectivity index (χ4n) is 2.65. The Bertz CT molecular complexity index is 389. The lowest BCUT2D eigenvalue weighted by Crippen LogP contribution is -2.47. The number of rotatable bonds is 7. The molecule has 0 unspecified atom stereocenters. The quantitative estimate of drug-likeness (QED) is 0.781. The number of hydrogen-bond acceptors (Lipinski definition) is 3. The third-order valence-electron chi connectivity index (χ3n) is 3.82. The zero-order chi connectivity index (χ0) is 14.2. The minimum absolute atomic E-state index is 0.865. The molecule has 3 nitrogen and oxygen atoms in total. The fraction of sp³-hybridized carbons (Fsp3) is 0.625. The minimum atomic E-state index is 0.865. The zero-order valence-electron chi connectivity index (χ0n) is 12.4. The average molecular weight is 296 g/mol. The van der Waals surface area contributed by atoms with Gasteiger partial charge >= 0.3 is 0 Å². The van der Waals surface area contributed by atoms with Gasteiger partial charge in [0, 0.05) is 26.2 Å². The van der Waals surface area contributed by atoms with Gasteiger partial charge in [-0.15, -0.1) is 0 Å². The smallest absolute Gasteiger partial charge is 0.0639 e. The first-order chi connectivity index (χ1) is 9.81. The first-order valence-electron chi connectivity index (χ1n) is 7.74. The third-order valence-corrected chi connectivity index (χ3v) is 4.14. The summed E-state index contributed by atoms with van der Waals surface area (Å²) in [6.07, 6.45) is 2.46. The maximum Gasteiger partial charge on any atom is 0.0639 e. The van der Waals surface area contributed by atoms with E-state index in [0.29, 0.717) is 0 Å². The predicted octanol–water partition coefficient (Wildman–Crippen LogP) is 2.85. The van der Waals surface area contributed by atoms with Crippen molar-refractivity contribution in [3.63, 3.8) is 0 Å². The van der Waals surface area contributed by atoms with Gasteiger partial charge < -0.3 is 10.2 Å². The molecule has 20 heavy (non-hydrogen) atoms. The van der Waals surface area contributed by atoms with Crippen molar-refractivity contribution >= 4 is 17.3 Å². The van der Waals surface area contributed by atoms with E-state index in [4.69, 9.17) is 11.6 Å². The summed E-state index contributed by atoms with van der Waals surface area (Å²) in [5.41, 5.74) is 1.18. The van der Waals surface area contributed by atoms with Crippen LogP contribution in [0, 0.1) is 0 Å². The molecular weight excluding hydrogens is 270 g/mol. The van der Waals surface area contributed by atoms with Crippen molar-refractivity contribution in [3.8, 4) is 0 Å². The van der Waals surface area contributed by atoms with E-state index in [1.807, 2.05) is 12.1 Å². The van der Waals surface area contributed by atoms with Gasteiger partial charge in [0.25, 0.3) is 0 Å². The SMILES string of the molecule is CCCNCCCN1CCN(c2ccccc2Cl)CC1. The molecule has 112 valence electrons. The molecule has 0 atom stereocenters. The molecular formula is C16H26ClN3. The first-order valence-corrected chi connectivity index (χ1v) is 8.11. The number of benzene rings is 1. The van der Waals surface area contributed by atoms with Crippen LogP contribution in [0.25, 0.3) is 0 Å². The number of nitrogens with one attached hydrogen (secondary N) is 1. The van der Waals surface area contributed by atoms with E-state index in [-0.39, 0.29) is 0 Å². The molecule has 1 N–H and O–H groups in total. The van der Waals surface area contributed by atoms with Crippen LogP contribution in [0.1, 0.15) is 19.8 Å². The van der Waals surface area contributed by atoms with Crippen LogP contribution >= 0.6 is 11.6 Å². The number of para-hydroxylation sites is 1. The number of nitrogens with zero attached hydrogens (tertiary/aromatic N) is 2. The summed E-state index contributed by atoms with van der Waals surface area (Å²) in [6.45, 7) is 10.1. The lowest BCUT2D eigenvalue weighted by molar-refractivity contribution is 0.254. The van der Waals surface area contributed by atoms with Crippen molar-refractivity contribution in [2.75, 3.05) is 50.7 Å². The second-order valence-corrected chi connectivity index (χ2v) is 5.79. The molecule has 1 fully saturated rings. The van der Waals surface area contributed by atoms with Gasteiger partial charge in [-0.05, 0) is 44.6 Å². The second-order valence-electron chi connectivity index (χ2n) is 5.38. The van der Waals surface area contributed by atoms with Crippen molar-refractivity contribution in [3.05, 3.63) is 29.3 Å². The molecule has 1 aliphatic rings. The fourth-order valence-corrected chi connectivity index (χ4v) is 2.91. The summed E-state index contributed by atoms with van der Waals surface area (Å²) in [4.78, 5) is 4.95. The Hall–Kier alpha value is -0.770. The second kappa shape index (κ2) is 8.50. The first kappa shape index (κ1) is 15.6. The maximum atomic E-state index is 6.26. The van der Waals surface area contributed by atoms with Crippen LogP contribution in [0.2, 0.25) is 5.02 Å². The van der Waals surface area contributed by atoms with E-state index >= 15 is 0 Å². The topological polar surface area (TPSA) is 18.5 Å². The van der Waals surface area contributed by atoms with Gasteiger partial charge in [0.2, 0.25) is 0 Å². The van der Waals surface area contributed by atoms with Crippen LogP contribution in [-0.4, -0.2) is 50.7 Å². The van der Waals surface area contributed by atoms with Gasteiger partial charge in [0.1, 0.15) is 0 Å². The highest BCUT2D eigenvalue weighted by molar-refractivity contribution is 6.33. The monoisotopic (exact) mass is 295 g/mol. The average Bonchev–Trinajstić information content (AvgIpc) is 2.48. The standard InChI is InChI=1S/C16H26ClN3/c1-2-8-18-9-5-10-19-11-13-20(14-12-19)16-7-4-3-6-15(16)17/h3-4,6-7,18H,2,5,8-14H2,1H3. The Balaban J connectivity index is 1.69. The lowest BCUT2D eigenvalue weighted by Gasteiger charge is -2.36. The normalized spacial score (nSPS) is 16.6. The zero-order valence-corrected chi connectivity index (χ0v) is 13.2. The van der Waals surface area contributed by atoms with Gasteiger partial charge in [-0.3, -0.25) is 4.90 Å². The lowest BCUT2D eigenvalue weighted by atomic mass is 10.2. The summed E-state index contributed by atoms with van der Waals surface area (Å²) in [5.74, 6) is 0. The van der Waals surface area contributed by atoms with E-state index in [0.717, 1.165) is 44.3 Å². The Morgan fingerprint density at radius 1 is 1.10 bits per heavy atom. The van der Waals surface area contributed by atoms with Crippen molar-refractivity contribution in [2.24, 2.45) is 0 Å². The molecule has 0 aromatic heterocycles. The molecule has 1 saturated heterocycles. The molecule has 1 aliphatic heterocycles. The number of anilines is 1. The van der Waals surface area contributed by atoms with Crippen molar-refractivity contribution in [1.82, 2.24) is 10.2 Å². The Labute approximate surface area is 127 Å². The molecule has 4 heteroatoms. The Kier molecular flexibility index (Phi) is 6.64. The highest BCUT2D eigenvalue weighted by Crippen LogP contribution is 2.25. The molecule has 0 bridgehead atoms. The van der Waals surface area contributed by atoms with E-state index in [1.165, 1.54) is 25.1 Å². The molecule has 0 radical (unpaired) electrons. The molecule has 0 aliphatic carbocycles. The van der Waals surface area contributed by atoms with Gasteiger partial charge in [-0.1, -0.05) is 30.7 Å². The Morgan fingerprint density at radius 2 is 1.85 bits per heavy atom. The highest BCUT2D eigenvalue weighted by atomic mass is 35.5. The Morgan fingerprint density at radius 3 is 2.55 bits per heavy atom. The summed E-state index contributed by atoms with van der Waals surface area (Å²) in [6, 6.07) is 8.15. The van der Waals surface area contributed by atoms with Gasteiger partial charge in [0.05, 0.1) is 10.7 Å². The number of hydrogen-bond donors (Lipinski definition) is 1. The van der Waals surface area contributed by atoms with E-state index in [1.54, 1.807) is 0 Å². The van der Waals surface area contributed by atoms with Crippen LogP contribution in [0.5, 0.6) is 0 Å². The summed E-state index contributed by atoms with van der Waals surface area (Å²) in [7, 11) is 0. The summed E-state index contributed by atoms with van der Waals surface area (Å²) in [5, 5.41) is 4.33. The molecule has 0 amide bonds. The molecule has 0 spiro atoms. The molecule has 1 heterocycles. The van der Waals surface area contributed by atoms with E-state index < -0.39 is 0 Å². The van der Waals surface area contributed by atoms with E-state index in [9.17, 15) is 0 Å². The minimum Gasteiger partial charge on any atom is -0.368 e. The molecule has 0 saturated carbocycles. The van der Waals surface area contributed by atoms with Crippen molar-refractivity contribution in [2.45, 2.75) is 19.8 Å². The third kappa shape index (κ3) is 4.65. The van der Waals surface area contributed by atoms with Crippen LogP contribution in [-0.2, 0) is 0 Å². The van der Waals surface area contributed by atoms with Gasteiger partial charge in [-0.2, -0.15) is 0 Å².